The van der Waals surface area contributed by atoms with Gasteiger partial charge in [0.1, 0.15) is 18.7 Å². The molecular weight excluding hydrogens is 504 g/mol. The number of esters is 1. The second kappa shape index (κ2) is 12.2. The quantitative estimate of drug-likeness (QED) is 0.136. The molecule has 16 nitrogen and oxygen atoms in total. The predicted molar refractivity (Wildman–Crippen MR) is 131 cm³/mol. The van der Waals surface area contributed by atoms with Gasteiger partial charge in [-0.2, -0.15) is 4.98 Å². The van der Waals surface area contributed by atoms with Crippen molar-refractivity contribution < 1.29 is 34.1 Å². The third kappa shape index (κ3) is 7.44. The Hall–Kier alpha value is -5.12. The van der Waals surface area contributed by atoms with Crippen LogP contribution in [0.4, 0.5) is 11.6 Å². The van der Waals surface area contributed by atoms with Crippen molar-refractivity contribution >= 4 is 46.6 Å². The Morgan fingerprint density at radius 2 is 1.79 bits per heavy atom. The summed E-state index contributed by atoms with van der Waals surface area (Å²) >= 11 is 0. The summed E-state index contributed by atoms with van der Waals surface area (Å²) in [5, 5.41) is 23.4. The first-order valence-corrected chi connectivity index (χ1v) is 11.1. The number of aromatic amines is 1. The Morgan fingerprint density at radius 1 is 1.08 bits per heavy atom. The Kier molecular flexibility index (Phi) is 8.83. The first kappa shape index (κ1) is 27.5. The maximum Gasteiger partial charge on any atom is 0.326 e. The molecule has 2 atom stereocenters. The number of carbonyl (C=O) groups excluding carboxylic acids is 2. The molecule has 0 aliphatic heterocycles. The van der Waals surface area contributed by atoms with Crippen LogP contribution in [0, 0.1) is 0 Å². The number of aliphatic carboxylic acids is 2. The molecule has 1 aromatic carbocycles. The summed E-state index contributed by atoms with van der Waals surface area (Å²) in [7, 11) is 0. The van der Waals surface area contributed by atoms with Crippen molar-refractivity contribution in [2.45, 2.75) is 31.5 Å². The van der Waals surface area contributed by atoms with Crippen molar-refractivity contribution in [1.29, 1.82) is 0 Å². The summed E-state index contributed by atoms with van der Waals surface area (Å²) in [4.78, 5) is 72.9. The van der Waals surface area contributed by atoms with E-state index in [9.17, 15) is 29.1 Å². The maximum absolute atomic E-state index is 12.5. The highest BCUT2D eigenvalue weighted by Crippen LogP contribution is 2.12. The number of hydrogen-bond acceptors (Lipinski definition) is 12. The minimum Gasteiger partial charge on any atom is -0.480 e. The second-order valence-corrected chi connectivity index (χ2v) is 7.95. The minimum absolute atomic E-state index is 0.0376. The fraction of sp³-hybridized carbons (Fsp3) is 0.273. The van der Waals surface area contributed by atoms with E-state index in [1.54, 1.807) is 12.1 Å². The van der Waals surface area contributed by atoms with Crippen LogP contribution in [-0.4, -0.2) is 72.7 Å². The third-order valence-electron chi connectivity index (χ3n) is 5.09. The number of fused-ring (bicyclic) bond motifs is 1. The van der Waals surface area contributed by atoms with Crippen LogP contribution in [-0.2, 0) is 25.7 Å². The number of benzene rings is 1. The van der Waals surface area contributed by atoms with Crippen LogP contribution in [0.2, 0.25) is 0 Å². The van der Waals surface area contributed by atoms with E-state index in [0.29, 0.717) is 11.4 Å². The number of nitrogens with zero attached hydrogens (tertiary/aromatic N) is 3. The normalized spacial score (nSPS) is 12.3. The molecule has 38 heavy (non-hydrogen) atoms. The highest BCUT2D eigenvalue weighted by Gasteiger charge is 2.23. The van der Waals surface area contributed by atoms with E-state index in [2.05, 4.69) is 30.6 Å². The van der Waals surface area contributed by atoms with Gasteiger partial charge in [-0.3, -0.25) is 24.2 Å². The van der Waals surface area contributed by atoms with Gasteiger partial charge >= 0.3 is 17.9 Å². The van der Waals surface area contributed by atoms with Crippen LogP contribution in [0.15, 0.2) is 35.3 Å². The largest absolute Gasteiger partial charge is 0.480 e. The average Bonchev–Trinajstić information content (AvgIpc) is 2.88. The standard InChI is InChI=1S/C22H24N8O8/c23-13(20(34)35)9-38-15(31)6-5-14(21(36)37)28-18(32)10-1-3-11(4-2-10)25-7-12-8-26-17-16(27-12)19(33)30-22(24)29-17/h1-4,8,13-14,25H,5-7,9,23H2,(H,28,32)(H,34,35)(H,36,37)(H3,24,26,29,30,33). The van der Waals surface area contributed by atoms with Gasteiger partial charge in [-0.05, 0) is 30.7 Å². The van der Waals surface area contributed by atoms with E-state index in [-0.39, 0.29) is 42.1 Å². The lowest BCUT2D eigenvalue weighted by atomic mass is 10.1. The second-order valence-electron chi connectivity index (χ2n) is 7.95. The molecule has 0 saturated carbocycles. The zero-order valence-electron chi connectivity index (χ0n) is 19.7. The average molecular weight is 528 g/mol. The van der Waals surface area contributed by atoms with Crippen molar-refractivity contribution in [3.05, 3.63) is 52.1 Å². The summed E-state index contributed by atoms with van der Waals surface area (Å²) in [5.74, 6) is -4.31. The summed E-state index contributed by atoms with van der Waals surface area (Å²) < 4.78 is 4.69. The number of nitrogens with two attached hydrogens (primary N) is 2. The molecule has 9 N–H and O–H groups in total. The van der Waals surface area contributed by atoms with Gasteiger partial charge in [0.05, 0.1) is 18.4 Å². The van der Waals surface area contributed by atoms with Crippen molar-refractivity contribution in [3.8, 4) is 0 Å². The van der Waals surface area contributed by atoms with Crippen molar-refractivity contribution in [2.75, 3.05) is 17.7 Å². The number of hydrogen-bond donors (Lipinski definition) is 7. The molecule has 0 bridgehead atoms. The first-order valence-electron chi connectivity index (χ1n) is 11.1. The van der Waals surface area contributed by atoms with E-state index in [1.807, 2.05) is 0 Å². The molecule has 0 radical (unpaired) electrons. The van der Waals surface area contributed by atoms with Gasteiger partial charge in [0.25, 0.3) is 11.5 Å². The number of carboxylic acid groups (broad SMARTS) is 2. The van der Waals surface area contributed by atoms with E-state index in [4.69, 9.17) is 21.3 Å². The number of anilines is 2. The lowest BCUT2D eigenvalue weighted by Gasteiger charge is -2.15. The smallest absolute Gasteiger partial charge is 0.326 e. The molecule has 2 unspecified atom stereocenters. The number of amides is 1. The lowest BCUT2D eigenvalue weighted by Crippen LogP contribution is -2.41. The summed E-state index contributed by atoms with van der Waals surface area (Å²) in [6.45, 7) is -0.358. The monoisotopic (exact) mass is 528 g/mol. The number of nitrogen functional groups attached to an aromatic ring is 1. The number of carboxylic acids is 2. The maximum atomic E-state index is 12.5. The van der Waals surface area contributed by atoms with Gasteiger partial charge in [-0.15, -0.1) is 0 Å². The van der Waals surface area contributed by atoms with E-state index in [0.717, 1.165) is 0 Å². The van der Waals surface area contributed by atoms with E-state index < -0.39 is 48.1 Å². The summed E-state index contributed by atoms with van der Waals surface area (Å²) in [6, 6.07) is 3.30. The first-order chi connectivity index (χ1) is 18.0. The van der Waals surface area contributed by atoms with Gasteiger partial charge in [-0.1, -0.05) is 0 Å². The highest BCUT2D eigenvalue weighted by atomic mass is 16.5. The molecule has 0 aliphatic rings. The fourth-order valence-corrected chi connectivity index (χ4v) is 3.08. The van der Waals surface area contributed by atoms with Crippen LogP contribution >= 0.6 is 0 Å². The zero-order valence-corrected chi connectivity index (χ0v) is 19.7. The molecule has 3 rings (SSSR count). The lowest BCUT2D eigenvalue weighted by molar-refractivity contribution is -0.148. The molecule has 2 aromatic heterocycles. The van der Waals surface area contributed by atoms with E-state index >= 15 is 0 Å². The summed E-state index contributed by atoms with van der Waals surface area (Å²) in [6.07, 6.45) is 0.782. The molecule has 0 aliphatic carbocycles. The van der Waals surface area contributed by atoms with Crippen molar-refractivity contribution in [2.24, 2.45) is 5.73 Å². The molecule has 0 saturated heterocycles. The molecule has 16 heteroatoms. The Bertz CT molecular complexity index is 1410. The van der Waals surface area contributed by atoms with Crippen molar-refractivity contribution in [3.63, 3.8) is 0 Å². The molecule has 0 fully saturated rings. The van der Waals surface area contributed by atoms with Crippen LogP contribution in [0.3, 0.4) is 0 Å². The van der Waals surface area contributed by atoms with Crippen LogP contribution in [0.25, 0.3) is 11.2 Å². The van der Waals surface area contributed by atoms with Crippen LogP contribution < -0.4 is 27.7 Å². The number of ether oxygens (including phenoxy) is 1. The van der Waals surface area contributed by atoms with Gasteiger partial charge in [0.15, 0.2) is 11.2 Å². The third-order valence-corrected chi connectivity index (χ3v) is 5.09. The zero-order chi connectivity index (χ0) is 27.8. The molecular formula is C22H24N8O8. The topological polar surface area (TPSA) is 266 Å². The van der Waals surface area contributed by atoms with Crippen molar-refractivity contribution in [1.82, 2.24) is 25.3 Å². The number of H-pyrrole nitrogens is 1. The molecule has 1 amide bonds. The highest BCUT2D eigenvalue weighted by molar-refractivity contribution is 5.97. The van der Waals surface area contributed by atoms with Crippen LogP contribution in [0.5, 0.6) is 0 Å². The molecule has 2 heterocycles. The molecule has 0 spiro atoms. The molecule has 3 aromatic rings. The minimum atomic E-state index is -1.39. The van der Waals surface area contributed by atoms with Gasteiger partial charge < -0.3 is 37.1 Å². The number of aromatic nitrogens is 4. The molecule has 200 valence electrons. The summed E-state index contributed by atoms with van der Waals surface area (Å²) in [5.41, 5.74) is 11.6. The van der Waals surface area contributed by atoms with Gasteiger partial charge in [0.2, 0.25) is 5.95 Å². The Labute approximate surface area is 213 Å². The Morgan fingerprint density at radius 3 is 2.45 bits per heavy atom. The number of carbonyl (C=O) groups is 4. The SMILES string of the molecule is Nc1nc2ncc(CNc3ccc(C(=O)NC(CCC(=O)OCC(N)C(=O)O)C(=O)O)cc3)nc2c(=O)[nH]1. The van der Waals surface area contributed by atoms with Gasteiger partial charge in [-0.25, -0.2) is 14.8 Å². The fourth-order valence-electron chi connectivity index (χ4n) is 3.08. The Balaban J connectivity index is 1.53. The van der Waals surface area contributed by atoms with E-state index in [1.165, 1.54) is 18.3 Å². The number of nitrogens with one attached hydrogen (secondary N) is 3. The predicted octanol–water partition coefficient (Wildman–Crippen LogP) is -1.17. The number of rotatable bonds is 12. The van der Waals surface area contributed by atoms with Gasteiger partial charge in [0, 0.05) is 17.7 Å². The van der Waals surface area contributed by atoms with Crippen LogP contribution in [0.1, 0.15) is 28.9 Å².